The lowest BCUT2D eigenvalue weighted by molar-refractivity contribution is -0.870. The highest BCUT2D eigenvalue weighted by Crippen LogP contribution is 2.38. The predicted octanol–water partition coefficient (Wildman–Crippen LogP) is 11.7. The van der Waals surface area contributed by atoms with Crippen molar-refractivity contribution in [1.29, 1.82) is 0 Å². The summed E-state index contributed by atoms with van der Waals surface area (Å²) < 4.78 is 23.1. The van der Waals surface area contributed by atoms with Gasteiger partial charge in [0.15, 0.2) is 0 Å². The number of nitrogens with zero attached hydrogens (tertiary/aromatic N) is 1. The molecule has 0 rings (SSSR count). The van der Waals surface area contributed by atoms with Gasteiger partial charge in [-0.1, -0.05) is 172 Å². The molecule has 0 fully saturated rings. The van der Waals surface area contributed by atoms with Crippen molar-refractivity contribution in [2.45, 2.75) is 206 Å². The van der Waals surface area contributed by atoms with E-state index in [1.165, 1.54) is 135 Å². The summed E-state index contributed by atoms with van der Waals surface area (Å²) in [7, 11) is 1.23. The highest BCUT2D eigenvalue weighted by atomic mass is 31.2. The third-order valence-electron chi connectivity index (χ3n) is 9.82. The Morgan fingerprint density at radius 2 is 1.04 bits per heavy atom. The van der Waals surface area contributed by atoms with Crippen molar-refractivity contribution < 1.29 is 32.9 Å². The number of carbonyl (C=O) groups is 1. The average molecular weight is 783 g/mol. The van der Waals surface area contributed by atoms with Crippen molar-refractivity contribution in [1.82, 2.24) is 5.32 Å². The number of phosphoric acid groups is 1. The van der Waals surface area contributed by atoms with Gasteiger partial charge in [-0.25, -0.2) is 0 Å². The second kappa shape index (κ2) is 37.3. The van der Waals surface area contributed by atoms with Gasteiger partial charge in [-0.05, 0) is 51.4 Å². The number of phosphoric ester groups is 1. The predicted molar refractivity (Wildman–Crippen MR) is 228 cm³/mol. The van der Waals surface area contributed by atoms with E-state index in [-0.39, 0.29) is 18.9 Å². The Hall–Kier alpha value is -1.28. The Bertz CT molecular complexity index is 980. The van der Waals surface area contributed by atoms with Crippen molar-refractivity contribution >= 4 is 13.7 Å². The maximum Gasteiger partial charge on any atom is 0.268 e. The van der Waals surface area contributed by atoms with Gasteiger partial charge in [-0.15, -0.1) is 0 Å². The highest BCUT2D eigenvalue weighted by Gasteiger charge is 2.23. The summed E-state index contributed by atoms with van der Waals surface area (Å²) in [4.78, 5) is 25.1. The topological polar surface area (TPSA) is 108 Å². The summed E-state index contributed by atoms with van der Waals surface area (Å²) in [6.45, 7) is 4.56. The molecule has 318 valence electrons. The average Bonchev–Trinajstić information content (AvgIpc) is 3.12. The first kappa shape index (κ1) is 52.7. The summed E-state index contributed by atoms with van der Waals surface area (Å²) in [6.07, 6.45) is 45.1. The molecule has 3 atom stereocenters. The first-order valence-electron chi connectivity index (χ1n) is 22.4. The smallest absolute Gasteiger partial charge is 0.268 e. The monoisotopic (exact) mass is 783 g/mol. The Morgan fingerprint density at radius 1 is 0.630 bits per heavy atom. The zero-order chi connectivity index (χ0) is 40.0. The molecule has 0 aliphatic carbocycles. The van der Waals surface area contributed by atoms with Crippen LogP contribution in [0.25, 0.3) is 0 Å². The van der Waals surface area contributed by atoms with Crippen LogP contribution < -0.4 is 10.2 Å². The lowest BCUT2D eigenvalue weighted by Gasteiger charge is -2.29. The van der Waals surface area contributed by atoms with E-state index in [4.69, 9.17) is 9.05 Å². The summed E-state index contributed by atoms with van der Waals surface area (Å²) >= 11 is 0. The van der Waals surface area contributed by atoms with Crippen LogP contribution in [0.4, 0.5) is 0 Å². The van der Waals surface area contributed by atoms with Gasteiger partial charge in [0.2, 0.25) is 5.91 Å². The first-order valence-corrected chi connectivity index (χ1v) is 23.8. The number of unbranched alkanes of at least 4 members (excludes halogenated alkanes) is 23. The highest BCUT2D eigenvalue weighted by molar-refractivity contribution is 7.45. The molecule has 0 spiro atoms. The second-order valence-electron chi connectivity index (χ2n) is 16.4. The fraction of sp³-hybridized carbons (Fsp3) is 0.844. The molecule has 0 bridgehead atoms. The minimum atomic E-state index is -4.60. The molecule has 0 heterocycles. The van der Waals surface area contributed by atoms with Crippen LogP contribution in [-0.2, 0) is 18.4 Å². The van der Waals surface area contributed by atoms with Crippen molar-refractivity contribution in [2.75, 3.05) is 40.9 Å². The number of quaternary nitrogens is 1. The Balaban J connectivity index is 4.34. The summed E-state index contributed by atoms with van der Waals surface area (Å²) in [6, 6.07) is -0.914. The van der Waals surface area contributed by atoms with Crippen molar-refractivity contribution in [3.05, 3.63) is 36.5 Å². The molecular formula is C45H87N2O6P. The van der Waals surface area contributed by atoms with Gasteiger partial charge in [0.1, 0.15) is 13.2 Å². The van der Waals surface area contributed by atoms with E-state index < -0.39 is 26.6 Å². The largest absolute Gasteiger partial charge is 0.756 e. The van der Waals surface area contributed by atoms with Crippen LogP contribution in [0, 0.1) is 0 Å². The molecule has 0 aromatic heterocycles. The molecule has 0 aliphatic heterocycles. The number of allylic oxidation sites excluding steroid dienone is 5. The van der Waals surface area contributed by atoms with E-state index in [1.807, 2.05) is 27.2 Å². The molecule has 9 heteroatoms. The quantitative estimate of drug-likeness (QED) is 0.0277. The van der Waals surface area contributed by atoms with E-state index in [0.717, 1.165) is 32.1 Å². The Labute approximate surface area is 334 Å². The summed E-state index contributed by atoms with van der Waals surface area (Å²) in [5.41, 5.74) is 0. The zero-order valence-corrected chi connectivity index (χ0v) is 36.8. The van der Waals surface area contributed by atoms with Crippen LogP contribution in [0.1, 0.15) is 194 Å². The Morgan fingerprint density at radius 3 is 1.52 bits per heavy atom. The van der Waals surface area contributed by atoms with E-state index in [1.54, 1.807) is 6.08 Å². The van der Waals surface area contributed by atoms with Crippen LogP contribution in [0.5, 0.6) is 0 Å². The lowest BCUT2D eigenvalue weighted by atomic mass is 10.0. The lowest BCUT2D eigenvalue weighted by Crippen LogP contribution is -2.45. The number of hydrogen-bond acceptors (Lipinski definition) is 6. The number of amides is 1. The van der Waals surface area contributed by atoms with E-state index in [9.17, 15) is 19.4 Å². The van der Waals surface area contributed by atoms with E-state index in [0.29, 0.717) is 17.4 Å². The summed E-state index contributed by atoms with van der Waals surface area (Å²) in [5, 5.41) is 13.7. The minimum Gasteiger partial charge on any atom is -0.756 e. The third kappa shape index (κ3) is 39.0. The van der Waals surface area contributed by atoms with Crippen molar-refractivity contribution in [3.8, 4) is 0 Å². The zero-order valence-electron chi connectivity index (χ0n) is 35.9. The molecule has 0 aromatic rings. The third-order valence-corrected chi connectivity index (χ3v) is 10.8. The van der Waals surface area contributed by atoms with Crippen LogP contribution in [0.15, 0.2) is 36.5 Å². The molecule has 0 saturated carbocycles. The van der Waals surface area contributed by atoms with Gasteiger partial charge in [-0.2, -0.15) is 0 Å². The normalized spacial score (nSPS) is 14.7. The number of aliphatic hydroxyl groups is 1. The molecular weight excluding hydrogens is 695 g/mol. The number of hydrogen-bond donors (Lipinski definition) is 2. The standard InChI is InChI=1S/C45H87N2O6P/c1-6-8-10-12-14-16-17-18-19-20-21-22-23-24-25-26-27-28-29-31-32-34-36-38-44(48)43(42-53-54(50,51)52-41-40-47(3,4)5)46-45(49)39-37-35-33-30-15-13-11-9-7-2/h29-31,33,36,38,43-44,48H,6-28,32,34-35,37,39-42H2,1-5H3,(H-,46,49,50,51)/b31-29+,33-30-,38-36+. The number of aliphatic hydroxyl groups excluding tert-OH is 1. The Kier molecular flexibility index (Phi) is 36.4. The van der Waals surface area contributed by atoms with Crippen molar-refractivity contribution in [3.63, 3.8) is 0 Å². The molecule has 0 saturated heterocycles. The molecule has 0 aliphatic rings. The SMILES string of the molecule is CCCCCC/C=C\CCCC(=O)NC(COP(=O)([O-])OCC[N+](C)(C)C)C(O)/C=C/CC/C=C/CCCCCCCCCCCCCCCCCCC. The fourth-order valence-corrected chi connectivity index (χ4v) is 6.95. The van der Waals surface area contributed by atoms with Crippen LogP contribution in [0.3, 0.4) is 0 Å². The van der Waals surface area contributed by atoms with E-state index >= 15 is 0 Å². The second-order valence-corrected chi connectivity index (χ2v) is 17.8. The molecule has 54 heavy (non-hydrogen) atoms. The van der Waals surface area contributed by atoms with Crippen LogP contribution in [-0.4, -0.2) is 68.5 Å². The number of carbonyl (C=O) groups excluding carboxylic acids is 1. The van der Waals surface area contributed by atoms with Gasteiger partial charge in [0.05, 0.1) is 39.9 Å². The molecule has 2 N–H and O–H groups in total. The molecule has 0 radical (unpaired) electrons. The molecule has 0 aromatic carbocycles. The molecule has 3 unspecified atom stereocenters. The van der Waals surface area contributed by atoms with Gasteiger partial charge >= 0.3 is 0 Å². The van der Waals surface area contributed by atoms with Crippen LogP contribution >= 0.6 is 7.82 Å². The summed E-state index contributed by atoms with van der Waals surface area (Å²) in [5.74, 6) is -0.244. The van der Waals surface area contributed by atoms with Gasteiger partial charge < -0.3 is 28.8 Å². The van der Waals surface area contributed by atoms with Gasteiger partial charge in [0, 0.05) is 6.42 Å². The van der Waals surface area contributed by atoms with Crippen LogP contribution in [0.2, 0.25) is 0 Å². The minimum absolute atomic E-state index is 0.0110. The maximum atomic E-state index is 12.7. The number of nitrogens with one attached hydrogen (secondary N) is 1. The number of likely N-dealkylation sites (N-methyl/N-ethyl adjacent to an activating group) is 1. The van der Waals surface area contributed by atoms with Crippen molar-refractivity contribution in [2.24, 2.45) is 0 Å². The van der Waals surface area contributed by atoms with E-state index in [2.05, 4.69) is 43.5 Å². The maximum absolute atomic E-state index is 12.7. The first-order chi connectivity index (χ1) is 26.0. The molecule has 8 nitrogen and oxygen atoms in total. The fourth-order valence-electron chi connectivity index (χ4n) is 6.23. The molecule has 1 amide bonds. The number of rotatable bonds is 40. The van der Waals surface area contributed by atoms with Gasteiger partial charge in [0.25, 0.3) is 7.82 Å². The van der Waals surface area contributed by atoms with Gasteiger partial charge in [-0.3, -0.25) is 9.36 Å².